The fourth-order valence-electron chi connectivity index (χ4n) is 1.77. The van der Waals surface area contributed by atoms with Crippen LogP contribution in [-0.2, 0) is 76.8 Å². The Morgan fingerprint density at radius 2 is 0.413 bits per heavy atom. The first kappa shape index (κ1) is 49.9. The Balaban J connectivity index is -0.000000285. The molecule has 0 aromatic heterocycles. The van der Waals surface area contributed by atoms with Crippen LogP contribution < -0.4 is 0 Å². The number of ether oxygens (including phenoxy) is 3. The van der Waals surface area contributed by atoms with Crippen LogP contribution in [0.15, 0.2) is 0 Å². The van der Waals surface area contributed by atoms with E-state index in [1.165, 1.54) is 0 Å². The number of hydrogen-bond donors (Lipinski definition) is 0. The van der Waals surface area contributed by atoms with Crippen LogP contribution in [0.4, 0.5) is 0 Å². The Labute approximate surface area is 286 Å². The van der Waals surface area contributed by atoms with E-state index in [9.17, 15) is 43.2 Å². The third kappa shape index (κ3) is 20.2. The first-order valence-corrected chi connectivity index (χ1v) is 14.3. The van der Waals surface area contributed by atoms with Gasteiger partial charge in [-0.15, -0.1) is 0 Å². The zero-order valence-corrected chi connectivity index (χ0v) is 32.5. The van der Waals surface area contributed by atoms with Crippen LogP contribution in [0.5, 0.6) is 0 Å². The minimum atomic E-state index is -1.08. The Bertz CT molecular complexity index is 1020. The van der Waals surface area contributed by atoms with Gasteiger partial charge in [-0.1, -0.05) is 62.3 Å². The average Bonchev–Trinajstić information content (AvgIpc) is 2.79. The maximum Gasteiger partial charge on any atom is 0.382 e. The van der Waals surface area contributed by atoms with E-state index in [-0.39, 0.29) is 19.5 Å². The molecule has 0 unspecified atom stereocenters. The molecule has 0 bridgehead atoms. The zero-order chi connectivity index (χ0) is 37.3. The molecule has 0 aromatic carbocycles. The van der Waals surface area contributed by atoms with Crippen molar-refractivity contribution in [3.05, 3.63) is 0 Å². The zero-order valence-electron chi connectivity index (χ0n) is 30.8. The molecule has 0 saturated carbocycles. The molecule has 0 heterocycles. The van der Waals surface area contributed by atoms with Gasteiger partial charge in [0, 0.05) is 35.7 Å². The summed E-state index contributed by atoms with van der Waals surface area (Å²) in [5.41, 5.74) is -4.82. The molecular formula is C33H54O12Ru. The third-order valence-electron chi connectivity index (χ3n) is 4.99. The summed E-state index contributed by atoms with van der Waals surface area (Å²) in [6, 6.07) is 0. The summed E-state index contributed by atoms with van der Waals surface area (Å²) in [5, 5.41) is 0. The molecular weight excluding hydrogens is 689 g/mol. The second kappa shape index (κ2) is 17.8. The van der Waals surface area contributed by atoms with Gasteiger partial charge >= 0.3 is 35.8 Å². The number of hydrogen-bond acceptors (Lipinski definition) is 12. The van der Waals surface area contributed by atoms with E-state index in [2.05, 4.69) is 14.2 Å². The van der Waals surface area contributed by atoms with E-state index in [0.29, 0.717) is 0 Å². The van der Waals surface area contributed by atoms with Crippen LogP contribution in [0, 0.1) is 32.5 Å². The predicted octanol–water partition coefficient (Wildman–Crippen LogP) is 5.15. The quantitative estimate of drug-likeness (QED) is 0.122. The third-order valence-corrected chi connectivity index (χ3v) is 4.99. The van der Waals surface area contributed by atoms with Crippen LogP contribution in [0.1, 0.15) is 125 Å². The Kier molecular flexibility index (Phi) is 19.3. The predicted molar refractivity (Wildman–Crippen MR) is 165 cm³/mol. The minimum Gasteiger partial charge on any atom is -0.387 e. The van der Waals surface area contributed by atoms with Gasteiger partial charge in [0.05, 0.1) is 16.2 Å². The molecule has 0 aliphatic carbocycles. The van der Waals surface area contributed by atoms with Gasteiger partial charge in [-0.3, -0.25) is 28.8 Å². The van der Waals surface area contributed by atoms with Gasteiger partial charge in [0.15, 0.2) is 0 Å². The Morgan fingerprint density at radius 1 is 0.283 bits per heavy atom. The van der Waals surface area contributed by atoms with Crippen LogP contribution in [0.3, 0.4) is 0 Å². The molecule has 0 spiro atoms. The number of rotatable bonds is 3. The van der Waals surface area contributed by atoms with Gasteiger partial charge < -0.3 is 14.2 Å². The topological polar surface area (TPSA) is 181 Å². The average molecular weight is 744 g/mol. The molecule has 0 aliphatic heterocycles. The van der Waals surface area contributed by atoms with Crippen LogP contribution >= 0.6 is 0 Å². The van der Waals surface area contributed by atoms with Crippen LogP contribution in [0.2, 0.25) is 0 Å². The van der Waals surface area contributed by atoms with Crippen molar-refractivity contribution >= 4 is 53.2 Å². The summed E-state index contributed by atoms with van der Waals surface area (Å²) < 4.78 is 13.4. The Morgan fingerprint density at radius 3 is 0.500 bits per heavy atom. The van der Waals surface area contributed by atoms with E-state index in [1.54, 1.807) is 125 Å². The Hall–Kier alpha value is -2.95. The summed E-state index contributed by atoms with van der Waals surface area (Å²) in [6.45, 7) is 28.9. The maximum absolute atomic E-state index is 11.4. The molecule has 0 N–H and O–H groups in total. The molecule has 13 heteroatoms. The molecule has 0 aromatic rings. The number of carbonyl (C=O) groups is 9. The standard InChI is InChI=1S/3C11H18O4.Ru/c3*1-10(2,3)7(12)8(13)15-9(14)11(4,5)6;/h3*1-6H3;. The number of esters is 6. The van der Waals surface area contributed by atoms with Crippen molar-refractivity contribution in [3.8, 4) is 0 Å². The second-order valence-corrected chi connectivity index (χ2v) is 16.5. The van der Waals surface area contributed by atoms with E-state index in [4.69, 9.17) is 0 Å². The van der Waals surface area contributed by atoms with Gasteiger partial charge in [0.2, 0.25) is 17.3 Å². The summed E-state index contributed by atoms with van der Waals surface area (Å²) in [5.74, 6) is -7.40. The van der Waals surface area contributed by atoms with Crippen molar-refractivity contribution in [1.29, 1.82) is 0 Å². The fourth-order valence-corrected chi connectivity index (χ4v) is 1.77. The summed E-state index contributed by atoms with van der Waals surface area (Å²) >= 11 is 0. The molecule has 0 saturated heterocycles. The smallest absolute Gasteiger partial charge is 0.382 e. The van der Waals surface area contributed by atoms with Crippen molar-refractivity contribution in [3.63, 3.8) is 0 Å². The van der Waals surface area contributed by atoms with Crippen molar-refractivity contribution in [2.24, 2.45) is 32.5 Å². The molecule has 0 radical (unpaired) electrons. The van der Waals surface area contributed by atoms with E-state index < -0.39 is 85.7 Å². The summed E-state index contributed by atoms with van der Waals surface area (Å²) in [4.78, 5) is 102. The second-order valence-electron chi connectivity index (χ2n) is 16.5. The van der Waals surface area contributed by atoms with E-state index in [1.807, 2.05) is 0 Å². The molecule has 0 atom stereocenters. The molecule has 0 rings (SSSR count). The number of carbonyl (C=O) groups excluding carboxylic acids is 9. The molecule has 46 heavy (non-hydrogen) atoms. The summed E-state index contributed by atoms with van der Waals surface area (Å²) in [7, 11) is 0. The van der Waals surface area contributed by atoms with Crippen LogP contribution in [0.25, 0.3) is 0 Å². The molecule has 0 aliphatic rings. The SMILES string of the molecule is CC(C)(C)C(=O)OC(=O)C(=O)C(C)(C)C.CC(C)(C)C(=O)OC(=O)C(=O)C(C)(C)C.CC(C)(C)C(=O)OC(=O)C(=O)C(C)(C)C.[Ru]. The largest absolute Gasteiger partial charge is 0.387 e. The van der Waals surface area contributed by atoms with Crippen molar-refractivity contribution in [1.82, 2.24) is 0 Å². The first-order chi connectivity index (χ1) is 19.4. The maximum atomic E-state index is 11.4. The van der Waals surface area contributed by atoms with Crippen molar-refractivity contribution in [2.45, 2.75) is 125 Å². The number of Topliss-reactive ketones (excluding diaryl/α,β-unsaturated/α-hetero) is 3. The fraction of sp³-hybridized carbons (Fsp3) is 0.727. The molecule has 266 valence electrons. The molecule has 0 amide bonds. The van der Waals surface area contributed by atoms with Gasteiger partial charge in [0.1, 0.15) is 0 Å². The van der Waals surface area contributed by atoms with Gasteiger partial charge in [-0.2, -0.15) is 0 Å². The van der Waals surface area contributed by atoms with E-state index in [0.717, 1.165) is 0 Å². The molecule has 0 fully saturated rings. The molecule has 12 nitrogen and oxygen atoms in total. The van der Waals surface area contributed by atoms with Gasteiger partial charge in [0.25, 0.3) is 0 Å². The minimum absolute atomic E-state index is 0. The van der Waals surface area contributed by atoms with E-state index >= 15 is 0 Å². The van der Waals surface area contributed by atoms with Crippen LogP contribution in [-0.4, -0.2) is 53.2 Å². The summed E-state index contributed by atoms with van der Waals surface area (Å²) in [6.07, 6.45) is 0. The van der Waals surface area contributed by atoms with Crippen molar-refractivity contribution in [2.75, 3.05) is 0 Å². The van der Waals surface area contributed by atoms with Gasteiger partial charge in [-0.25, -0.2) is 14.4 Å². The normalized spacial score (nSPS) is 11.9. The number of ketones is 3. The monoisotopic (exact) mass is 744 g/mol. The van der Waals surface area contributed by atoms with Crippen molar-refractivity contribution < 1.29 is 76.8 Å². The van der Waals surface area contributed by atoms with Gasteiger partial charge in [-0.05, 0) is 62.3 Å². The first-order valence-electron chi connectivity index (χ1n) is 14.3.